The van der Waals surface area contributed by atoms with Crippen LogP contribution in [0, 0.1) is 5.92 Å². The van der Waals surface area contributed by atoms with E-state index in [-0.39, 0.29) is 11.7 Å². The molecule has 1 aliphatic rings. The topological polar surface area (TPSA) is 94.8 Å². The molecule has 1 heterocycles. The van der Waals surface area contributed by atoms with Crippen molar-refractivity contribution < 1.29 is 24.3 Å². The van der Waals surface area contributed by atoms with Crippen LogP contribution in [0.25, 0.3) is 0 Å². The fraction of sp³-hybridized carbons (Fsp3) is 0.500. The van der Waals surface area contributed by atoms with Gasteiger partial charge in [-0.3, -0.25) is 9.36 Å². The van der Waals surface area contributed by atoms with E-state index in [1.165, 1.54) is 5.41 Å². The normalized spacial score (nSPS) is 23.8. The van der Waals surface area contributed by atoms with E-state index in [4.69, 9.17) is 14.9 Å². The summed E-state index contributed by atoms with van der Waals surface area (Å²) in [6.07, 6.45) is -0.0490. The maximum absolute atomic E-state index is 10.8. The van der Waals surface area contributed by atoms with Gasteiger partial charge in [-0.25, -0.2) is 0 Å². The summed E-state index contributed by atoms with van der Waals surface area (Å²) in [7, 11) is -4.24. The SMILES string of the molecule is O=C(O)[C@@H]1CSC=C(P(=O)(O)O)C1. The largest absolute Gasteiger partial charge is 0.481 e. The van der Waals surface area contributed by atoms with Gasteiger partial charge < -0.3 is 14.9 Å². The molecule has 3 N–H and O–H groups in total. The van der Waals surface area contributed by atoms with E-state index in [1.54, 1.807) is 0 Å². The van der Waals surface area contributed by atoms with Crippen molar-refractivity contribution in [3.05, 3.63) is 10.7 Å². The molecule has 13 heavy (non-hydrogen) atoms. The fourth-order valence-electron chi connectivity index (χ4n) is 0.966. The van der Waals surface area contributed by atoms with E-state index < -0.39 is 19.5 Å². The third-order valence-electron chi connectivity index (χ3n) is 1.70. The minimum Gasteiger partial charge on any atom is -0.481 e. The Labute approximate surface area is 79.0 Å². The van der Waals surface area contributed by atoms with Crippen LogP contribution in [0.1, 0.15) is 6.42 Å². The lowest BCUT2D eigenvalue weighted by Gasteiger charge is -2.19. The number of carboxylic acid groups (broad SMARTS) is 1. The van der Waals surface area contributed by atoms with Crippen molar-refractivity contribution in [1.29, 1.82) is 0 Å². The van der Waals surface area contributed by atoms with E-state index in [0.29, 0.717) is 5.75 Å². The minimum atomic E-state index is -4.24. The summed E-state index contributed by atoms with van der Waals surface area (Å²) in [5.41, 5.74) is 0. The van der Waals surface area contributed by atoms with Crippen LogP contribution in [0.3, 0.4) is 0 Å². The van der Waals surface area contributed by atoms with E-state index in [2.05, 4.69) is 0 Å². The van der Waals surface area contributed by atoms with Crippen LogP contribution in [-0.2, 0) is 9.36 Å². The zero-order chi connectivity index (χ0) is 10.1. The number of aliphatic carboxylic acids is 1. The van der Waals surface area contributed by atoms with Crippen molar-refractivity contribution in [1.82, 2.24) is 0 Å². The highest BCUT2D eigenvalue weighted by Gasteiger charge is 2.30. The van der Waals surface area contributed by atoms with Crippen LogP contribution >= 0.6 is 19.4 Å². The second kappa shape index (κ2) is 3.84. The molecule has 1 aliphatic heterocycles. The van der Waals surface area contributed by atoms with Crippen LogP contribution in [-0.4, -0.2) is 26.6 Å². The highest BCUT2D eigenvalue weighted by atomic mass is 32.2. The number of carboxylic acids is 1. The molecule has 0 fully saturated rings. The molecule has 0 aromatic heterocycles. The van der Waals surface area contributed by atoms with E-state index >= 15 is 0 Å². The van der Waals surface area contributed by atoms with Crippen LogP contribution in [0.15, 0.2) is 10.7 Å². The summed E-state index contributed by atoms with van der Waals surface area (Å²) in [6.45, 7) is 0. The first-order chi connectivity index (χ1) is 5.91. The zero-order valence-electron chi connectivity index (χ0n) is 6.58. The number of carbonyl (C=O) groups is 1. The lowest BCUT2D eigenvalue weighted by molar-refractivity contribution is -0.140. The van der Waals surface area contributed by atoms with Gasteiger partial charge in [0.15, 0.2) is 0 Å². The van der Waals surface area contributed by atoms with Gasteiger partial charge in [-0.05, 0) is 11.8 Å². The monoisotopic (exact) mass is 224 g/mol. The molecular formula is C6H9O5PS. The second-order valence-corrected chi connectivity index (χ2v) is 5.29. The van der Waals surface area contributed by atoms with Crippen molar-refractivity contribution in [2.24, 2.45) is 5.92 Å². The Morgan fingerprint density at radius 3 is 2.69 bits per heavy atom. The Bertz CT molecular complexity index is 293. The smallest absolute Gasteiger partial charge is 0.352 e. The van der Waals surface area contributed by atoms with Crippen molar-refractivity contribution >= 4 is 25.3 Å². The molecule has 1 rings (SSSR count). The van der Waals surface area contributed by atoms with Crippen LogP contribution in [0.4, 0.5) is 0 Å². The Morgan fingerprint density at radius 1 is 1.62 bits per heavy atom. The molecule has 0 aromatic carbocycles. The lowest BCUT2D eigenvalue weighted by atomic mass is 10.1. The third kappa shape index (κ3) is 2.84. The van der Waals surface area contributed by atoms with Gasteiger partial charge in [-0.2, -0.15) is 0 Å². The van der Waals surface area contributed by atoms with Crippen molar-refractivity contribution in [2.75, 3.05) is 5.75 Å². The molecular weight excluding hydrogens is 215 g/mol. The fourth-order valence-corrected chi connectivity index (χ4v) is 3.07. The number of hydrogen-bond donors (Lipinski definition) is 3. The highest BCUT2D eigenvalue weighted by Crippen LogP contribution is 2.50. The van der Waals surface area contributed by atoms with Crippen LogP contribution in [0.2, 0.25) is 0 Å². The number of thioether (sulfide) groups is 1. The van der Waals surface area contributed by atoms with E-state index in [1.807, 2.05) is 0 Å². The first-order valence-electron chi connectivity index (χ1n) is 3.51. The molecule has 0 saturated carbocycles. The molecule has 0 saturated heterocycles. The first kappa shape index (κ1) is 10.8. The molecule has 0 unspecified atom stereocenters. The Balaban J connectivity index is 2.76. The summed E-state index contributed by atoms with van der Waals surface area (Å²) >= 11 is 1.13. The third-order valence-corrected chi connectivity index (χ3v) is 3.98. The van der Waals surface area contributed by atoms with Gasteiger partial charge in [0.1, 0.15) is 0 Å². The summed E-state index contributed by atoms with van der Waals surface area (Å²) in [4.78, 5) is 28.1. The number of allylic oxidation sites excluding steroid dienone is 1. The summed E-state index contributed by atoms with van der Waals surface area (Å²) in [5, 5.41) is 9.92. The average Bonchev–Trinajstić information content (AvgIpc) is 2.03. The van der Waals surface area contributed by atoms with Gasteiger partial charge >= 0.3 is 13.6 Å². The average molecular weight is 224 g/mol. The molecule has 5 nitrogen and oxygen atoms in total. The quantitative estimate of drug-likeness (QED) is 0.602. The first-order valence-corrected chi connectivity index (χ1v) is 6.17. The Kier molecular flexibility index (Phi) is 3.18. The molecule has 0 aromatic rings. The zero-order valence-corrected chi connectivity index (χ0v) is 8.29. The van der Waals surface area contributed by atoms with Crippen molar-refractivity contribution in [3.63, 3.8) is 0 Å². The molecule has 0 radical (unpaired) electrons. The van der Waals surface area contributed by atoms with Gasteiger partial charge in [0.2, 0.25) is 0 Å². The van der Waals surface area contributed by atoms with Crippen molar-refractivity contribution in [3.8, 4) is 0 Å². The summed E-state index contributed by atoms with van der Waals surface area (Å²) in [6, 6.07) is 0. The lowest BCUT2D eigenvalue weighted by Crippen LogP contribution is -2.19. The van der Waals surface area contributed by atoms with Gasteiger partial charge in [0, 0.05) is 11.1 Å². The molecule has 0 amide bonds. The Morgan fingerprint density at radius 2 is 2.23 bits per heavy atom. The molecule has 0 spiro atoms. The Hall–Kier alpha value is -0.290. The number of rotatable bonds is 2. The van der Waals surface area contributed by atoms with Crippen LogP contribution < -0.4 is 0 Å². The van der Waals surface area contributed by atoms with Crippen LogP contribution in [0.5, 0.6) is 0 Å². The maximum Gasteiger partial charge on any atom is 0.352 e. The highest BCUT2D eigenvalue weighted by molar-refractivity contribution is 8.02. The molecule has 0 aliphatic carbocycles. The summed E-state index contributed by atoms with van der Waals surface area (Å²) in [5.74, 6) is -1.32. The standard InChI is InChI=1S/C6H9O5PS/c7-6(8)4-1-5(3-13-2-4)12(9,10)11/h3-4H,1-2H2,(H,7,8)(H2,9,10,11)/t4-/m0/s1. The predicted molar refractivity (Wildman–Crippen MR) is 48.3 cm³/mol. The minimum absolute atomic E-state index is 0.0490. The maximum atomic E-state index is 10.8. The molecule has 7 heteroatoms. The predicted octanol–water partition coefficient (Wildman–Crippen LogP) is 0.843. The van der Waals surface area contributed by atoms with E-state index in [0.717, 1.165) is 11.8 Å². The molecule has 0 bridgehead atoms. The number of hydrogen-bond acceptors (Lipinski definition) is 3. The van der Waals surface area contributed by atoms with Gasteiger partial charge in [0.05, 0.1) is 5.92 Å². The molecule has 74 valence electrons. The van der Waals surface area contributed by atoms with E-state index in [9.17, 15) is 9.36 Å². The second-order valence-electron chi connectivity index (χ2n) is 2.73. The summed E-state index contributed by atoms with van der Waals surface area (Å²) < 4.78 is 10.8. The molecule has 1 atom stereocenters. The van der Waals surface area contributed by atoms with Gasteiger partial charge in [-0.1, -0.05) is 0 Å². The van der Waals surface area contributed by atoms with Gasteiger partial charge in [-0.15, -0.1) is 11.8 Å². The van der Waals surface area contributed by atoms with Gasteiger partial charge in [0.25, 0.3) is 0 Å². The van der Waals surface area contributed by atoms with Crippen molar-refractivity contribution in [2.45, 2.75) is 6.42 Å².